The van der Waals surface area contributed by atoms with E-state index in [0.29, 0.717) is 22.9 Å². The Labute approximate surface area is 151 Å². The maximum absolute atomic E-state index is 11.9. The van der Waals surface area contributed by atoms with Crippen molar-refractivity contribution in [3.05, 3.63) is 64.7 Å². The molecule has 0 heterocycles. The fourth-order valence-corrected chi connectivity index (χ4v) is 2.81. The van der Waals surface area contributed by atoms with Gasteiger partial charge in [-0.25, -0.2) is 0 Å². The highest BCUT2D eigenvalue weighted by Crippen LogP contribution is 2.20. The summed E-state index contributed by atoms with van der Waals surface area (Å²) in [4.78, 5) is 26.2. The monoisotopic (exact) mass is 362 g/mol. The predicted octanol–water partition coefficient (Wildman–Crippen LogP) is 3.45. The Morgan fingerprint density at radius 3 is 2.25 bits per heavy atom. The number of thioether (sulfide) groups is 1. The first-order chi connectivity index (χ1) is 11.5. The molecule has 2 aromatic rings. The van der Waals surface area contributed by atoms with Crippen molar-refractivity contribution in [3.63, 3.8) is 0 Å². The number of carbonyl (C=O) groups is 2. The van der Waals surface area contributed by atoms with Gasteiger partial charge in [0.2, 0.25) is 5.91 Å². The first-order valence-corrected chi connectivity index (χ1v) is 8.78. The lowest BCUT2D eigenvalue weighted by Gasteiger charge is -2.11. The minimum absolute atomic E-state index is 0.0371. The molecule has 4 nitrogen and oxygen atoms in total. The number of rotatable bonds is 6. The van der Waals surface area contributed by atoms with E-state index < -0.39 is 0 Å². The average molecular weight is 363 g/mol. The molecule has 0 fully saturated rings. The second-order valence-electron chi connectivity index (χ2n) is 5.42. The van der Waals surface area contributed by atoms with Gasteiger partial charge in [-0.05, 0) is 42.0 Å². The van der Waals surface area contributed by atoms with Gasteiger partial charge < -0.3 is 10.2 Å². The van der Waals surface area contributed by atoms with E-state index >= 15 is 0 Å². The molecule has 0 spiro atoms. The van der Waals surface area contributed by atoms with Gasteiger partial charge >= 0.3 is 0 Å². The number of carbonyl (C=O) groups excluding carboxylic acids is 2. The van der Waals surface area contributed by atoms with Crippen LogP contribution in [0.2, 0.25) is 5.02 Å². The molecule has 0 unspecified atom stereocenters. The molecule has 0 radical (unpaired) electrons. The van der Waals surface area contributed by atoms with Gasteiger partial charge in [-0.15, -0.1) is 11.8 Å². The number of benzene rings is 2. The molecule has 0 saturated heterocycles. The van der Waals surface area contributed by atoms with Crippen molar-refractivity contribution in [2.24, 2.45) is 0 Å². The van der Waals surface area contributed by atoms with Gasteiger partial charge in [0.25, 0.3) is 5.91 Å². The summed E-state index contributed by atoms with van der Waals surface area (Å²) in [6.07, 6.45) is 0. The second-order valence-corrected chi connectivity index (χ2v) is 6.90. The lowest BCUT2D eigenvalue weighted by Crippen LogP contribution is -2.24. The molecule has 2 aromatic carbocycles. The van der Waals surface area contributed by atoms with Crippen LogP contribution in [0.15, 0.2) is 53.4 Å². The van der Waals surface area contributed by atoms with E-state index in [4.69, 9.17) is 11.6 Å². The number of nitrogens with zero attached hydrogens (tertiary/aromatic N) is 1. The maximum atomic E-state index is 11.9. The van der Waals surface area contributed by atoms with Crippen LogP contribution in [0.3, 0.4) is 0 Å². The zero-order chi connectivity index (χ0) is 17.5. The summed E-state index contributed by atoms with van der Waals surface area (Å²) in [6.45, 7) is 0.441. The fourth-order valence-electron chi connectivity index (χ4n) is 1.95. The molecule has 1 N–H and O–H groups in total. The zero-order valence-electron chi connectivity index (χ0n) is 13.6. The highest BCUT2D eigenvalue weighted by Gasteiger charge is 2.08. The summed E-state index contributed by atoms with van der Waals surface area (Å²) in [5, 5.41) is 3.55. The van der Waals surface area contributed by atoms with E-state index in [1.54, 1.807) is 38.4 Å². The van der Waals surface area contributed by atoms with Gasteiger partial charge in [0.05, 0.1) is 5.75 Å². The van der Waals surface area contributed by atoms with E-state index in [1.807, 2.05) is 24.3 Å². The predicted molar refractivity (Wildman–Crippen MR) is 98.5 cm³/mol. The third-order valence-corrected chi connectivity index (χ3v) is 4.54. The van der Waals surface area contributed by atoms with Crippen LogP contribution in [0.1, 0.15) is 15.9 Å². The average Bonchev–Trinajstić information content (AvgIpc) is 2.59. The Bertz CT molecular complexity index is 700. The smallest absolute Gasteiger partial charge is 0.253 e. The standard InChI is InChI=1S/C18H19ClN2O2S/c1-21(2)18(23)14-5-3-13(4-6-14)11-20-17(22)12-24-16-9-7-15(19)8-10-16/h3-10H,11-12H2,1-2H3,(H,20,22). The normalized spacial score (nSPS) is 10.3. The van der Waals surface area contributed by atoms with Crippen molar-refractivity contribution in [2.75, 3.05) is 19.8 Å². The SMILES string of the molecule is CN(C)C(=O)c1ccc(CNC(=O)CSc2ccc(Cl)cc2)cc1. The molecule has 0 saturated carbocycles. The van der Waals surface area contributed by atoms with E-state index in [0.717, 1.165) is 10.5 Å². The molecule has 0 aliphatic rings. The van der Waals surface area contributed by atoms with Crippen LogP contribution in [0.4, 0.5) is 0 Å². The first-order valence-electron chi connectivity index (χ1n) is 7.41. The fraction of sp³-hybridized carbons (Fsp3) is 0.222. The van der Waals surface area contributed by atoms with Crippen molar-refractivity contribution < 1.29 is 9.59 Å². The lowest BCUT2D eigenvalue weighted by atomic mass is 10.1. The zero-order valence-corrected chi connectivity index (χ0v) is 15.2. The van der Waals surface area contributed by atoms with Crippen LogP contribution in [0, 0.1) is 0 Å². The lowest BCUT2D eigenvalue weighted by molar-refractivity contribution is -0.118. The van der Waals surface area contributed by atoms with E-state index in [-0.39, 0.29) is 11.8 Å². The van der Waals surface area contributed by atoms with E-state index in [9.17, 15) is 9.59 Å². The summed E-state index contributed by atoms with van der Waals surface area (Å²) >= 11 is 7.29. The van der Waals surface area contributed by atoms with Crippen molar-refractivity contribution in [1.29, 1.82) is 0 Å². The number of amides is 2. The van der Waals surface area contributed by atoms with Gasteiger partial charge in [-0.3, -0.25) is 9.59 Å². The third-order valence-electron chi connectivity index (χ3n) is 3.28. The third kappa shape index (κ3) is 5.58. The van der Waals surface area contributed by atoms with Gasteiger partial charge in [0.1, 0.15) is 0 Å². The Morgan fingerprint density at radius 2 is 1.67 bits per heavy atom. The minimum Gasteiger partial charge on any atom is -0.351 e. The first kappa shape index (κ1) is 18.4. The summed E-state index contributed by atoms with van der Waals surface area (Å²) < 4.78 is 0. The van der Waals surface area contributed by atoms with Crippen LogP contribution in [-0.2, 0) is 11.3 Å². The Kier molecular flexibility index (Phi) is 6.70. The van der Waals surface area contributed by atoms with Crippen molar-refractivity contribution in [1.82, 2.24) is 10.2 Å². The molecule has 0 atom stereocenters. The maximum Gasteiger partial charge on any atom is 0.253 e. The van der Waals surface area contributed by atoms with Crippen molar-refractivity contribution in [3.8, 4) is 0 Å². The van der Waals surface area contributed by atoms with Crippen LogP contribution in [-0.4, -0.2) is 36.6 Å². The molecule has 126 valence electrons. The quantitative estimate of drug-likeness (QED) is 0.801. The largest absolute Gasteiger partial charge is 0.351 e. The summed E-state index contributed by atoms with van der Waals surface area (Å²) in [5.41, 5.74) is 1.59. The Balaban J connectivity index is 1.79. The molecule has 0 aliphatic heterocycles. The molecule has 0 aromatic heterocycles. The molecule has 2 rings (SSSR count). The summed E-state index contributed by atoms with van der Waals surface area (Å²) in [6, 6.07) is 14.6. The van der Waals surface area contributed by atoms with Gasteiger partial charge in [0.15, 0.2) is 0 Å². The number of hydrogen-bond donors (Lipinski definition) is 1. The Hall–Kier alpha value is -1.98. The van der Waals surface area contributed by atoms with Crippen molar-refractivity contribution >= 4 is 35.2 Å². The van der Waals surface area contributed by atoms with Crippen LogP contribution < -0.4 is 5.32 Å². The highest BCUT2D eigenvalue weighted by atomic mass is 35.5. The van der Waals surface area contributed by atoms with E-state index in [1.165, 1.54) is 16.7 Å². The molecule has 24 heavy (non-hydrogen) atoms. The van der Waals surface area contributed by atoms with Gasteiger partial charge in [-0.1, -0.05) is 23.7 Å². The van der Waals surface area contributed by atoms with E-state index in [2.05, 4.69) is 5.32 Å². The molecule has 0 aliphatic carbocycles. The molecule has 0 bridgehead atoms. The Morgan fingerprint density at radius 1 is 1.04 bits per heavy atom. The van der Waals surface area contributed by atoms with Crippen molar-refractivity contribution in [2.45, 2.75) is 11.4 Å². The highest BCUT2D eigenvalue weighted by molar-refractivity contribution is 8.00. The van der Waals surface area contributed by atoms with Crippen LogP contribution in [0.5, 0.6) is 0 Å². The molecule has 6 heteroatoms. The second kappa shape index (κ2) is 8.76. The van der Waals surface area contributed by atoms with Gasteiger partial charge in [-0.2, -0.15) is 0 Å². The van der Waals surface area contributed by atoms with Crippen LogP contribution in [0.25, 0.3) is 0 Å². The molecule has 2 amide bonds. The number of nitrogens with one attached hydrogen (secondary N) is 1. The van der Waals surface area contributed by atoms with Gasteiger partial charge in [0, 0.05) is 36.1 Å². The number of halogens is 1. The number of hydrogen-bond acceptors (Lipinski definition) is 3. The molecular weight excluding hydrogens is 344 g/mol. The summed E-state index contributed by atoms with van der Waals surface area (Å²) in [5.74, 6) is 0.270. The minimum atomic E-state index is -0.0385. The molecular formula is C18H19ClN2O2S. The topological polar surface area (TPSA) is 49.4 Å². The van der Waals surface area contributed by atoms with Crippen LogP contribution >= 0.6 is 23.4 Å². The summed E-state index contributed by atoms with van der Waals surface area (Å²) in [7, 11) is 3.43.